The summed E-state index contributed by atoms with van der Waals surface area (Å²) in [6.07, 6.45) is 26.3. The molecule has 0 atom stereocenters. The minimum atomic E-state index is 1.01. The van der Waals surface area contributed by atoms with Crippen molar-refractivity contribution in [1.82, 2.24) is 4.57 Å². The number of hydrogen-bond donors (Lipinski definition) is 0. The Bertz CT molecular complexity index is 913. The molecule has 2 heteroatoms. The van der Waals surface area contributed by atoms with Gasteiger partial charge in [0.2, 0.25) is 0 Å². The first kappa shape index (κ1) is 28.2. The summed E-state index contributed by atoms with van der Waals surface area (Å²) in [7, 11) is 0. The van der Waals surface area contributed by atoms with E-state index >= 15 is 0 Å². The molecule has 0 fully saturated rings. The molecule has 2 aromatic carbocycles. The number of aromatic nitrogens is 2. The van der Waals surface area contributed by atoms with E-state index in [1.165, 1.54) is 107 Å². The second kappa shape index (κ2) is 18.0. The molecule has 2 nitrogen and oxygen atoms in total. The smallest absolute Gasteiger partial charge is 0.234 e. The molecule has 0 aliphatic rings. The van der Waals surface area contributed by atoms with Gasteiger partial charge in [-0.2, -0.15) is 0 Å². The van der Waals surface area contributed by atoms with Crippen molar-refractivity contribution in [2.24, 2.45) is 0 Å². The van der Waals surface area contributed by atoms with Gasteiger partial charge in [0.15, 0.2) is 0 Å². The first-order chi connectivity index (χ1) is 17.9. The van der Waals surface area contributed by atoms with Crippen molar-refractivity contribution >= 4 is 0 Å². The van der Waals surface area contributed by atoms with Crippen LogP contribution >= 0.6 is 0 Å². The third kappa shape index (κ3) is 11.1. The van der Waals surface area contributed by atoms with Gasteiger partial charge in [-0.3, -0.25) is 0 Å². The van der Waals surface area contributed by atoms with Gasteiger partial charge in [-0.15, -0.1) is 0 Å². The standard InChI is InChI=1S/C34H51N2/c1-2-3-4-5-6-7-8-9-10-11-12-13-20-27-35-29-30-36(28-21-26-32-22-16-14-17-23-32)34(35)31-33-24-18-15-19-25-33/h14-19,22-25,29-30H,2-13,20-21,26-28,31H2,1H3/q+1. The molecule has 1 heterocycles. The Balaban J connectivity index is 1.37. The first-order valence-electron chi connectivity index (χ1n) is 15.0. The van der Waals surface area contributed by atoms with Crippen molar-refractivity contribution in [3.05, 3.63) is 90.0 Å². The maximum Gasteiger partial charge on any atom is 0.260 e. The maximum absolute atomic E-state index is 2.52. The zero-order chi connectivity index (χ0) is 25.1. The van der Waals surface area contributed by atoms with E-state index in [-0.39, 0.29) is 0 Å². The Labute approximate surface area is 221 Å². The van der Waals surface area contributed by atoms with Gasteiger partial charge in [0.05, 0.1) is 19.5 Å². The van der Waals surface area contributed by atoms with Crippen LogP contribution in [-0.2, 0) is 25.9 Å². The molecule has 196 valence electrons. The molecule has 0 saturated carbocycles. The van der Waals surface area contributed by atoms with Gasteiger partial charge in [-0.1, -0.05) is 138 Å². The monoisotopic (exact) mass is 487 g/mol. The highest BCUT2D eigenvalue weighted by Gasteiger charge is 2.17. The van der Waals surface area contributed by atoms with E-state index in [2.05, 4.69) is 89.1 Å². The van der Waals surface area contributed by atoms with Gasteiger partial charge in [0.25, 0.3) is 5.82 Å². The minimum absolute atomic E-state index is 1.01. The maximum atomic E-state index is 2.52. The van der Waals surface area contributed by atoms with Gasteiger partial charge >= 0.3 is 0 Å². The lowest BCUT2D eigenvalue weighted by atomic mass is 10.0. The molecule has 0 N–H and O–H groups in total. The number of benzene rings is 2. The van der Waals surface area contributed by atoms with Crippen LogP contribution in [0.25, 0.3) is 0 Å². The molecule has 0 amide bonds. The summed E-state index contributed by atoms with van der Waals surface area (Å²) in [6, 6.07) is 21.9. The molecule has 0 aliphatic carbocycles. The summed E-state index contributed by atoms with van der Waals surface area (Å²) in [5.74, 6) is 1.45. The highest BCUT2D eigenvalue weighted by molar-refractivity contribution is 5.18. The molecule has 0 spiro atoms. The second-order valence-corrected chi connectivity index (χ2v) is 10.6. The Morgan fingerprint density at radius 3 is 1.69 bits per heavy atom. The summed E-state index contributed by atoms with van der Waals surface area (Å²) in [5, 5.41) is 0. The fourth-order valence-electron chi connectivity index (χ4n) is 5.28. The molecular weight excluding hydrogens is 436 g/mol. The quantitative estimate of drug-likeness (QED) is 0.111. The highest BCUT2D eigenvalue weighted by atomic mass is 15.1. The van der Waals surface area contributed by atoms with E-state index in [9.17, 15) is 0 Å². The van der Waals surface area contributed by atoms with Crippen molar-refractivity contribution in [1.29, 1.82) is 0 Å². The lowest BCUT2D eigenvalue weighted by Crippen LogP contribution is -2.37. The number of nitrogens with zero attached hydrogens (tertiary/aromatic N) is 2. The van der Waals surface area contributed by atoms with Gasteiger partial charge in [-0.25, -0.2) is 9.13 Å². The third-order valence-corrected chi connectivity index (χ3v) is 7.50. The van der Waals surface area contributed by atoms with Crippen LogP contribution in [0.4, 0.5) is 0 Å². The Hall–Kier alpha value is -2.35. The Morgan fingerprint density at radius 1 is 0.583 bits per heavy atom. The molecule has 0 saturated heterocycles. The van der Waals surface area contributed by atoms with Crippen molar-refractivity contribution in [3.63, 3.8) is 0 Å². The van der Waals surface area contributed by atoms with Crippen LogP contribution in [0.1, 0.15) is 114 Å². The summed E-state index contributed by atoms with van der Waals surface area (Å²) in [5.41, 5.74) is 2.84. The fraction of sp³-hybridized carbons (Fsp3) is 0.559. The molecule has 0 radical (unpaired) electrons. The van der Waals surface area contributed by atoms with Crippen LogP contribution in [0.2, 0.25) is 0 Å². The number of rotatable bonds is 20. The van der Waals surface area contributed by atoms with Crippen molar-refractivity contribution in [2.75, 3.05) is 0 Å². The second-order valence-electron chi connectivity index (χ2n) is 10.6. The van der Waals surface area contributed by atoms with Crippen LogP contribution in [0.5, 0.6) is 0 Å². The number of hydrogen-bond acceptors (Lipinski definition) is 0. The number of imidazole rings is 1. The minimum Gasteiger partial charge on any atom is -0.234 e. The van der Waals surface area contributed by atoms with Crippen molar-refractivity contribution in [2.45, 2.75) is 123 Å². The molecular formula is C34H51N2+. The third-order valence-electron chi connectivity index (χ3n) is 7.50. The summed E-state index contributed by atoms with van der Waals surface area (Å²) in [6.45, 7) is 4.53. The lowest BCUT2D eigenvalue weighted by molar-refractivity contribution is -0.703. The SMILES string of the molecule is CCCCCCCCCCCCCCCn1cc[n+](CCCc2ccccc2)c1Cc1ccccc1. The van der Waals surface area contributed by atoms with Crippen molar-refractivity contribution in [3.8, 4) is 0 Å². The fourth-order valence-corrected chi connectivity index (χ4v) is 5.28. The predicted octanol–water partition coefficient (Wildman–Crippen LogP) is 9.09. The molecule has 1 aromatic heterocycles. The van der Waals surface area contributed by atoms with E-state index in [4.69, 9.17) is 0 Å². The van der Waals surface area contributed by atoms with E-state index in [1.807, 2.05) is 0 Å². The van der Waals surface area contributed by atoms with Crippen molar-refractivity contribution < 1.29 is 4.57 Å². The van der Waals surface area contributed by atoms with Crippen LogP contribution in [-0.4, -0.2) is 4.57 Å². The van der Waals surface area contributed by atoms with Gasteiger partial charge in [-0.05, 0) is 36.8 Å². The molecule has 3 aromatic rings. The average molecular weight is 488 g/mol. The molecule has 36 heavy (non-hydrogen) atoms. The Morgan fingerprint density at radius 2 is 1.11 bits per heavy atom. The molecule has 3 rings (SSSR count). The number of aryl methyl sites for hydroxylation is 3. The van der Waals surface area contributed by atoms with Crippen LogP contribution in [0.3, 0.4) is 0 Å². The topological polar surface area (TPSA) is 8.81 Å². The normalized spacial score (nSPS) is 11.2. The predicted molar refractivity (Wildman–Crippen MR) is 154 cm³/mol. The summed E-state index contributed by atoms with van der Waals surface area (Å²) >= 11 is 0. The zero-order valence-electron chi connectivity index (χ0n) is 23.1. The highest BCUT2D eigenvalue weighted by Crippen LogP contribution is 2.14. The van der Waals surface area contributed by atoms with E-state index in [0.29, 0.717) is 0 Å². The van der Waals surface area contributed by atoms with Crippen LogP contribution in [0.15, 0.2) is 73.1 Å². The number of unbranched alkanes of at least 4 members (excludes halogenated alkanes) is 12. The van der Waals surface area contributed by atoms with Gasteiger partial charge in [0, 0.05) is 0 Å². The van der Waals surface area contributed by atoms with Crippen LogP contribution in [0, 0.1) is 0 Å². The largest absolute Gasteiger partial charge is 0.260 e. The molecule has 0 unspecified atom stereocenters. The summed E-state index contributed by atoms with van der Waals surface area (Å²) < 4.78 is 5.02. The average Bonchev–Trinajstić information content (AvgIpc) is 3.29. The Kier molecular flexibility index (Phi) is 14.1. The van der Waals surface area contributed by atoms with Gasteiger partial charge in [0.1, 0.15) is 12.4 Å². The summed E-state index contributed by atoms with van der Waals surface area (Å²) in [4.78, 5) is 0. The van der Waals surface area contributed by atoms with E-state index in [0.717, 1.165) is 25.9 Å². The van der Waals surface area contributed by atoms with Gasteiger partial charge < -0.3 is 0 Å². The lowest BCUT2D eigenvalue weighted by Gasteiger charge is -2.07. The van der Waals surface area contributed by atoms with Crippen LogP contribution < -0.4 is 4.57 Å². The van der Waals surface area contributed by atoms with E-state index < -0.39 is 0 Å². The molecule has 0 bridgehead atoms. The first-order valence-corrected chi connectivity index (χ1v) is 15.0. The zero-order valence-corrected chi connectivity index (χ0v) is 23.1. The molecule has 0 aliphatic heterocycles. The van der Waals surface area contributed by atoms with E-state index in [1.54, 1.807) is 0 Å².